The Labute approximate surface area is 164 Å². The van der Waals surface area contributed by atoms with Crippen LogP contribution in [0.3, 0.4) is 0 Å². The SMILES string of the molecule is CC(CCc1ccco1)NC(=O)C1CCCN(S(=O)(=O)c2ccc(F)cc2)C1. The van der Waals surface area contributed by atoms with E-state index in [-0.39, 0.29) is 23.4 Å². The summed E-state index contributed by atoms with van der Waals surface area (Å²) in [5.74, 6) is -0.144. The van der Waals surface area contributed by atoms with Crippen LogP contribution in [0.25, 0.3) is 0 Å². The third kappa shape index (κ3) is 4.99. The number of nitrogens with one attached hydrogen (secondary N) is 1. The van der Waals surface area contributed by atoms with Crippen molar-refractivity contribution in [2.24, 2.45) is 5.92 Å². The molecule has 1 aliphatic rings. The summed E-state index contributed by atoms with van der Waals surface area (Å²) in [5.41, 5.74) is 0. The summed E-state index contributed by atoms with van der Waals surface area (Å²) in [5, 5.41) is 2.98. The van der Waals surface area contributed by atoms with E-state index in [0.717, 1.165) is 30.7 Å². The lowest BCUT2D eigenvalue weighted by Gasteiger charge is -2.31. The largest absolute Gasteiger partial charge is 0.469 e. The fourth-order valence-corrected chi connectivity index (χ4v) is 4.90. The minimum Gasteiger partial charge on any atom is -0.469 e. The van der Waals surface area contributed by atoms with E-state index in [2.05, 4.69) is 5.32 Å². The van der Waals surface area contributed by atoms with Crippen molar-refractivity contribution in [3.63, 3.8) is 0 Å². The van der Waals surface area contributed by atoms with Crippen LogP contribution in [0.15, 0.2) is 52.0 Å². The average molecular weight is 408 g/mol. The van der Waals surface area contributed by atoms with Gasteiger partial charge in [0.05, 0.1) is 17.1 Å². The first-order chi connectivity index (χ1) is 13.4. The summed E-state index contributed by atoms with van der Waals surface area (Å²) in [7, 11) is -3.74. The first-order valence-corrected chi connectivity index (χ1v) is 10.9. The predicted molar refractivity (Wildman–Crippen MR) is 103 cm³/mol. The van der Waals surface area contributed by atoms with Gasteiger partial charge in [-0.15, -0.1) is 0 Å². The summed E-state index contributed by atoms with van der Waals surface area (Å²) >= 11 is 0. The van der Waals surface area contributed by atoms with Gasteiger partial charge >= 0.3 is 0 Å². The number of nitrogens with zero attached hydrogens (tertiary/aromatic N) is 1. The van der Waals surface area contributed by atoms with E-state index in [0.29, 0.717) is 19.4 Å². The predicted octanol–water partition coefficient (Wildman–Crippen LogP) is 2.96. The summed E-state index contributed by atoms with van der Waals surface area (Å²) in [6.07, 6.45) is 4.34. The molecule has 1 saturated heterocycles. The molecule has 1 aliphatic heterocycles. The molecule has 0 spiro atoms. The molecular weight excluding hydrogens is 383 g/mol. The first-order valence-electron chi connectivity index (χ1n) is 9.45. The molecule has 1 fully saturated rings. The van der Waals surface area contributed by atoms with Gasteiger partial charge in [0.1, 0.15) is 11.6 Å². The fourth-order valence-electron chi connectivity index (χ4n) is 3.38. The van der Waals surface area contributed by atoms with E-state index < -0.39 is 21.8 Å². The average Bonchev–Trinajstić information content (AvgIpc) is 3.20. The van der Waals surface area contributed by atoms with E-state index in [1.807, 2.05) is 19.1 Å². The second-order valence-electron chi connectivity index (χ2n) is 7.18. The second-order valence-corrected chi connectivity index (χ2v) is 9.12. The molecule has 0 aliphatic carbocycles. The van der Waals surface area contributed by atoms with Crippen molar-refractivity contribution < 1.29 is 22.0 Å². The molecule has 1 N–H and O–H groups in total. The molecular formula is C20H25FN2O4S. The Bertz CT molecular complexity index is 881. The van der Waals surface area contributed by atoms with Gasteiger partial charge < -0.3 is 9.73 Å². The number of sulfonamides is 1. The number of halogens is 1. The Hall–Kier alpha value is -2.19. The molecule has 1 aromatic carbocycles. The van der Waals surface area contributed by atoms with Gasteiger partial charge in [0.15, 0.2) is 0 Å². The van der Waals surface area contributed by atoms with Crippen LogP contribution in [0.5, 0.6) is 0 Å². The van der Waals surface area contributed by atoms with Crippen LogP contribution < -0.4 is 5.32 Å². The number of carbonyl (C=O) groups is 1. The Kier molecular flexibility index (Phi) is 6.51. The normalized spacial score (nSPS) is 19.3. The van der Waals surface area contributed by atoms with E-state index in [1.165, 1.54) is 16.4 Å². The van der Waals surface area contributed by atoms with E-state index >= 15 is 0 Å². The van der Waals surface area contributed by atoms with Crippen LogP contribution in [-0.2, 0) is 21.2 Å². The number of hydrogen-bond acceptors (Lipinski definition) is 4. The van der Waals surface area contributed by atoms with Gasteiger partial charge in [-0.2, -0.15) is 4.31 Å². The molecule has 2 heterocycles. The minimum absolute atomic E-state index is 0.0401. The van der Waals surface area contributed by atoms with Crippen molar-refractivity contribution in [1.29, 1.82) is 0 Å². The van der Waals surface area contributed by atoms with Crippen molar-refractivity contribution in [1.82, 2.24) is 9.62 Å². The number of amides is 1. The van der Waals surface area contributed by atoms with Gasteiger partial charge in [0, 0.05) is 25.6 Å². The van der Waals surface area contributed by atoms with Crippen LogP contribution in [0.1, 0.15) is 31.9 Å². The molecule has 6 nitrogen and oxygen atoms in total. The number of hydrogen-bond donors (Lipinski definition) is 1. The van der Waals surface area contributed by atoms with Gasteiger partial charge in [0.2, 0.25) is 15.9 Å². The number of benzene rings is 1. The standard InChI is InChI=1S/C20H25FN2O4S/c1-15(6-9-18-5-3-13-27-18)22-20(24)16-4-2-12-23(14-16)28(25,26)19-10-7-17(21)8-11-19/h3,5,7-8,10-11,13,15-16H,2,4,6,9,12,14H2,1H3,(H,22,24). The molecule has 1 amide bonds. The van der Waals surface area contributed by atoms with Gasteiger partial charge in [-0.25, -0.2) is 12.8 Å². The van der Waals surface area contributed by atoms with Crippen molar-refractivity contribution in [2.75, 3.05) is 13.1 Å². The van der Waals surface area contributed by atoms with Crippen molar-refractivity contribution >= 4 is 15.9 Å². The Balaban J connectivity index is 1.57. The minimum atomic E-state index is -3.74. The molecule has 0 radical (unpaired) electrons. The maximum absolute atomic E-state index is 13.1. The number of carbonyl (C=O) groups excluding carboxylic acids is 1. The van der Waals surface area contributed by atoms with Gasteiger partial charge in [-0.1, -0.05) is 0 Å². The van der Waals surface area contributed by atoms with Gasteiger partial charge in [0.25, 0.3) is 0 Å². The lowest BCUT2D eigenvalue weighted by Crippen LogP contribution is -2.47. The highest BCUT2D eigenvalue weighted by atomic mass is 32.2. The Morgan fingerprint density at radius 2 is 2.07 bits per heavy atom. The van der Waals surface area contributed by atoms with E-state index in [4.69, 9.17) is 4.42 Å². The molecule has 28 heavy (non-hydrogen) atoms. The number of furan rings is 1. The first kappa shape index (κ1) is 20.5. The highest BCUT2D eigenvalue weighted by Gasteiger charge is 2.33. The molecule has 1 aromatic heterocycles. The number of piperidine rings is 1. The second kappa shape index (κ2) is 8.87. The third-order valence-electron chi connectivity index (χ3n) is 5.00. The monoisotopic (exact) mass is 408 g/mol. The molecule has 8 heteroatoms. The van der Waals surface area contributed by atoms with Crippen molar-refractivity contribution in [2.45, 2.75) is 43.5 Å². The van der Waals surface area contributed by atoms with Crippen LogP contribution in [0.4, 0.5) is 4.39 Å². The van der Waals surface area contributed by atoms with Gasteiger partial charge in [-0.05, 0) is 62.6 Å². The van der Waals surface area contributed by atoms with Crippen molar-refractivity contribution in [3.8, 4) is 0 Å². The summed E-state index contributed by atoms with van der Waals surface area (Å²) < 4.78 is 45.3. The fraction of sp³-hybridized carbons (Fsp3) is 0.450. The highest BCUT2D eigenvalue weighted by Crippen LogP contribution is 2.24. The van der Waals surface area contributed by atoms with E-state index in [1.54, 1.807) is 6.26 Å². The Morgan fingerprint density at radius 3 is 2.75 bits per heavy atom. The molecule has 2 atom stereocenters. The third-order valence-corrected chi connectivity index (χ3v) is 6.88. The summed E-state index contributed by atoms with van der Waals surface area (Å²) in [4.78, 5) is 12.7. The molecule has 0 saturated carbocycles. The number of rotatable bonds is 7. The molecule has 3 rings (SSSR count). The molecule has 0 bridgehead atoms. The van der Waals surface area contributed by atoms with Crippen molar-refractivity contribution in [3.05, 3.63) is 54.2 Å². The van der Waals surface area contributed by atoms with Crippen LogP contribution in [0, 0.1) is 11.7 Å². The maximum Gasteiger partial charge on any atom is 0.243 e. The lowest BCUT2D eigenvalue weighted by molar-refractivity contribution is -0.126. The lowest BCUT2D eigenvalue weighted by atomic mass is 9.98. The topological polar surface area (TPSA) is 79.6 Å². The van der Waals surface area contributed by atoms with Crippen LogP contribution >= 0.6 is 0 Å². The summed E-state index contributed by atoms with van der Waals surface area (Å²) in [6, 6.07) is 8.45. The molecule has 2 unspecified atom stereocenters. The zero-order chi connectivity index (χ0) is 20.1. The maximum atomic E-state index is 13.1. The quantitative estimate of drug-likeness (QED) is 0.764. The molecule has 2 aromatic rings. The smallest absolute Gasteiger partial charge is 0.243 e. The zero-order valence-electron chi connectivity index (χ0n) is 15.8. The number of aryl methyl sites for hydroxylation is 1. The summed E-state index contributed by atoms with van der Waals surface area (Å²) in [6.45, 7) is 2.42. The van der Waals surface area contributed by atoms with Crippen LogP contribution in [-0.4, -0.2) is 37.8 Å². The highest BCUT2D eigenvalue weighted by molar-refractivity contribution is 7.89. The Morgan fingerprint density at radius 1 is 1.32 bits per heavy atom. The molecule has 152 valence electrons. The zero-order valence-corrected chi connectivity index (χ0v) is 16.6. The van der Waals surface area contributed by atoms with E-state index in [9.17, 15) is 17.6 Å². The van der Waals surface area contributed by atoms with Gasteiger partial charge in [-0.3, -0.25) is 4.79 Å². The van der Waals surface area contributed by atoms with Crippen LogP contribution in [0.2, 0.25) is 0 Å².